The first-order valence-electron chi connectivity index (χ1n) is 5.40. The zero-order chi connectivity index (χ0) is 13.7. The molecule has 1 heterocycles. The molecule has 1 aromatic carbocycles. The Bertz CT molecular complexity index is 639. The van der Waals surface area contributed by atoms with Crippen LogP contribution in [0.3, 0.4) is 0 Å². The van der Waals surface area contributed by atoms with Crippen LogP contribution in [0.2, 0.25) is 5.02 Å². The van der Waals surface area contributed by atoms with E-state index < -0.39 is 0 Å². The molecule has 0 radical (unpaired) electrons. The van der Waals surface area contributed by atoms with E-state index in [1.54, 1.807) is 41.1 Å². The zero-order valence-corrected chi connectivity index (χ0v) is 11.3. The van der Waals surface area contributed by atoms with E-state index in [4.69, 9.17) is 16.9 Å². The first-order chi connectivity index (χ1) is 9.20. The molecule has 0 saturated heterocycles. The maximum atomic E-state index is 12.0. The number of hydrogen-bond donors (Lipinski definition) is 1. The van der Waals surface area contributed by atoms with E-state index in [1.165, 1.54) is 17.5 Å². The predicted octanol–water partition coefficient (Wildman–Crippen LogP) is 4.10. The lowest BCUT2D eigenvalue weighted by atomic mass is 10.1. The smallest absolute Gasteiger partial charge is 0.205 e. The van der Waals surface area contributed by atoms with Crippen molar-refractivity contribution >= 4 is 34.4 Å². The van der Waals surface area contributed by atoms with Crippen LogP contribution in [-0.4, -0.2) is 5.78 Å². The molecule has 19 heavy (non-hydrogen) atoms. The molecule has 0 amide bonds. The summed E-state index contributed by atoms with van der Waals surface area (Å²) in [5.41, 5.74) is 1.35. The molecule has 0 aliphatic carbocycles. The Balaban J connectivity index is 2.14. The number of halogens is 1. The van der Waals surface area contributed by atoms with Gasteiger partial charge in [-0.25, -0.2) is 0 Å². The van der Waals surface area contributed by atoms with Gasteiger partial charge in [-0.15, -0.1) is 0 Å². The van der Waals surface area contributed by atoms with Crippen molar-refractivity contribution in [3.8, 4) is 6.07 Å². The van der Waals surface area contributed by atoms with Gasteiger partial charge >= 0.3 is 0 Å². The lowest BCUT2D eigenvalue weighted by Crippen LogP contribution is -2.02. The maximum Gasteiger partial charge on any atom is 0.205 e. The van der Waals surface area contributed by atoms with Crippen LogP contribution in [0.25, 0.3) is 0 Å². The van der Waals surface area contributed by atoms with Crippen LogP contribution in [0.5, 0.6) is 0 Å². The first-order valence-corrected chi connectivity index (χ1v) is 6.72. The number of Topliss-reactive ketones (excluding diaryl/α,β-unsaturated/α-hetero) is 1. The molecule has 0 spiro atoms. The average Bonchev–Trinajstić information content (AvgIpc) is 2.95. The van der Waals surface area contributed by atoms with Gasteiger partial charge in [0.05, 0.1) is 0 Å². The number of ketones is 1. The number of carbonyl (C=O) groups excluding carboxylic acids is 1. The van der Waals surface area contributed by atoms with Crippen LogP contribution in [0.15, 0.2) is 52.9 Å². The summed E-state index contributed by atoms with van der Waals surface area (Å²) in [4.78, 5) is 12.0. The molecular weight excluding hydrogens is 280 g/mol. The van der Waals surface area contributed by atoms with Gasteiger partial charge in [-0.05, 0) is 35.7 Å². The second-order valence-electron chi connectivity index (χ2n) is 3.66. The summed E-state index contributed by atoms with van der Waals surface area (Å²) in [7, 11) is 0. The molecular formula is C14H9ClN2OS. The van der Waals surface area contributed by atoms with Crippen LogP contribution < -0.4 is 5.32 Å². The number of thiophene rings is 1. The molecule has 0 unspecified atom stereocenters. The van der Waals surface area contributed by atoms with Gasteiger partial charge < -0.3 is 5.32 Å². The number of nitriles is 1. The lowest BCUT2D eigenvalue weighted by Gasteiger charge is -2.01. The molecule has 0 saturated carbocycles. The number of hydrogen-bond acceptors (Lipinski definition) is 4. The molecule has 2 aromatic rings. The summed E-state index contributed by atoms with van der Waals surface area (Å²) in [5, 5.41) is 16.1. The number of rotatable bonds is 4. The van der Waals surface area contributed by atoms with Crippen LogP contribution >= 0.6 is 22.9 Å². The van der Waals surface area contributed by atoms with Crippen molar-refractivity contribution in [1.29, 1.82) is 5.26 Å². The fourth-order valence-corrected chi connectivity index (χ4v) is 2.16. The second-order valence-corrected chi connectivity index (χ2v) is 4.88. The van der Waals surface area contributed by atoms with Gasteiger partial charge in [0.25, 0.3) is 0 Å². The van der Waals surface area contributed by atoms with Crippen molar-refractivity contribution in [2.75, 3.05) is 5.32 Å². The fraction of sp³-hybridized carbons (Fsp3) is 0. The fourth-order valence-electron chi connectivity index (χ4n) is 1.40. The number of carbonyl (C=O) groups is 1. The summed E-state index contributed by atoms with van der Waals surface area (Å²) in [5.74, 6) is -0.287. The highest BCUT2D eigenvalue weighted by molar-refractivity contribution is 7.08. The summed E-state index contributed by atoms with van der Waals surface area (Å²) in [6.07, 6.45) is 1.41. The van der Waals surface area contributed by atoms with Gasteiger partial charge in [0, 0.05) is 27.9 Å². The van der Waals surface area contributed by atoms with Crippen molar-refractivity contribution in [3.05, 3.63) is 63.5 Å². The Morgan fingerprint density at radius 1 is 1.32 bits per heavy atom. The van der Waals surface area contributed by atoms with Crippen molar-refractivity contribution in [3.63, 3.8) is 0 Å². The van der Waals surface area contributed by atoms with Crippen LogP contribution in [0.1, 0.15) is 10.4 Å². The van der Waals surface area contributed by atoms with Crippen molar-refractivity contribution in [2.24, 2.45) is 0 Å². The highest BCUT2D eigenvalue weighted by atomic mass is 35.5. The Kier molecular flexibility index (Phi) is 4.35. The van der Waals surface area contributed by atoms with E-state index >= 15 is 0 Å². The minimum atomic E-state index is -0.287. The van der Waals surface area contributed by atoms with Gasteiger partial charge in [0.2, 0.25) is 5.78 Å². The maximum absolute atomic E-state index is 12.0. The molecule has 2 rings (SSSR count). The molecule has 94 valence electrons. The summed E-state index contributed by atoms with van der Waals surface area (Å²) >= 11 is 7.19. The number of nitrogens with zero attached hydrogens (tertiary/aromatic N) is 1. The quantitative estimate of drug-likeness (QED) is 0.523. The molecule has 0 fully saturated rings. The largest absolute Gasteiger partial charge is 0.360 e. The Labute approximate surface area is 119 Å². The Hall–Kier alpha value is -2.09. The van der Waals surface area contributed by atoms with Crippen molar-refractivity contribution < 1.29 is 4.79 Å². The molecule has 1 N–H and O–H groups in total. The van der Waals surface area contributed by atoms with Crippen LogP contribution in [-0.2, 0) is 0 Å². The van der Waals surface area contributed by atoms with Crippen LogP contribution in [0.4, 0.5) is 5.69 Å². The van der Waals surface area contributed by atoms with E-state index in [0.29, 0.717) is 10.6 Å². The SMILES string of the molecule is N#C/C(=C\Nc1ccc(Cl)cc1)C(=O)c1ccsc1. The van der Waals surface area contributed by atoms with Gasteiger partial charge in [0.15, 0.2) is 0 Å². The Morgan fingerprint density at radius 2 is 2.05 bits per heavy atom. The molecule has 1 aromatic heterocycles. The van der Waals surface area contributed by atoms with Gasteiger partial charge in [-0.3, -0.25) is 4.79 Å². The number of benzene rings is 1. The monoisotopic (exact) mass is 288 g/mol. The Morgan fingerprint density at radius 3 is 2.63 bits per heavy atom. The number of anilines is 1. The molecule has 5 heteroatoms. The lowest BCUT2D eigenvalue weighted by molar-refractivity contribution is 0.103. The average molecular weight is 289 g/mol. The second kappa shape index (κ2) is 6.19. The van der Waals surface area contributed by atoms with E-state index in [1.807, 2.05) is 6.07 Å². The minimum Gasteiger partial charge on any atom is -0.360 e. The number of allylic oxidation sites excluding steroid dienone is 1. The van der Waals surface area contributed by atoms with E-state index in [-0.39, 0.29) is 11.4 Å². The highest BCUT2D eigenvalue weighted by Gasteiger charge is 2.11. The standard InChI is InChI=1S/C14H9ClN2OS/c15-12-1-3-13(4-2-12)17-8-11(7-16)14(18)10-5-6-19-9-10/h1-6,8-9,17H/b11-8+. The van der Waals surface area contributed by atoms with E-state index in [2.05, 4.69) is 5.32 Å². The van der Waals surface area contributed by atoms with Crippen molar-refractivity contribution in [2.45, 2.75) is 0 Å². The molecule has 0 aliphatic rings. The summed E-state index contributed by atoms with van der Waals surface area (Å²) in [6, 6.07) is 10.6. The normalized spacial score (nSPS) is 10.8. The third-order valence-electron chi connectivity index (χ3n) is 2.38. The summed E-state index contributed by atoms with van der Waals surface area (Å²) < 4.78 is 0. The summed E-state index contributed by atoms with van der Waals surface area (Å²) in [6.45, 7) is 0. The van der Waals surface area contributed by atoms with Crippen molar-refractivity contribution in [1.82, 2.24) is 0 Å². The number of nitrogens with one attached hydrogen (secondary N) is 1. The molecule has 0 bridgehead atoms. The third-order valence-corrected chi connectivity index (χ3v) is 3.31. The minimum absolute atomic E-state index is 0.0633. The zero-order valence-electron chi connectivity index (χ0n) is 9.76. The van der Waals surface area contributed by atoms with Crippen LogP contribution in [0, 0.1) is 11.3 Å². The van der Waals surface area contributed by atoms with E-state index in [0.717, 1.165) is 5.69 Å². The first kappa shape index (κ1) is 13.3. The molecule has 0 aliphatic heterocycles. The predicted molar refractivity (Wildman–Crippen MR) is 77.4 cm³/mol. The van der Waals surface area contributed by atoms with Gasteiger partial charge in [-0.2, -0.15) is 16.6 Å². The highest BCUT2D eigenvalue weighted by Crippen LogP contribution is 2.15. The van der Waals surface area contributed by atoms with Gasteiger partial charge in [0.1, 0.15) is 11.6 Å². The molecule has 0 atom stereocenters. The van der Waals surface area contributed by atoms with Gasteiger partial charge in [-0.1, -0.05) is 11.6 Å². The van der Waals surface area contributed by atoms with E-state index in [9.17, 15) is 4.79 Å². The molecule has 3 nitrogen and oxygen atoms in total. The third kappa shape index (κ3) is 3.44. The topological polar surface area (TPSA) is 52.9 Å².